The van der Waals surface area contributed by atoms with Gasteiger partial charge in [0.1, 0.15) is 5.92 Å². The zero-order chi connectivity index (χ0) is 14.8. The Bertz CT molecular complexity index is 474. The van der Waals surface area contributed by atoms with Crippen molar-refractivity contribution in [2.24, 2.45) is 11.3 Å². The van der Waals surface area contributed by atoms with Gasteiger partial charge in [-0.3, -0.25) is 9.59 Å². The van der Waals surface area contributed by atoms with Gasteiger partial charge in [-0.1, -0.05) is 34.6 Å². The van der Waals surface area contributed by atoms with E-state index in [0.29, 0.717) is 5.13 Å². The predicted molar refractivity (Wildman–Crippen MR) is 75.4 cm³/mol. The minimum Gasteiger partial charge on any atom is -0.481 e. The first-order chi connectivity index (χ1) is 8.62. The van der Waals surface area contributed by atoms with E-state index in [4.69, 9.17) is 0 Å². The summed E-state index contributed by atoms with van der Waals surface area (Å²) in [7, 11) is 0. The smallest absolute Gasteiger partial charge is 0.316 e. The molecule has 1 atom stereocenters. The number of amides is 1. The van der Waals surface area contributed by atoms with Gasteiger partial charge in [0.05, 0.1) is 5.69 Å². The zero-order valence-corrected chi connectivity index (χ0v) is 12.7. The third kappa shape index (κ3) is 4.02. The van der Waals surface area contributed by atoms with Crippen molar-refractivity contribution in [1.29, 1.82) is 0 Å². The van der Waals surface area contributed by atoms with Crippen molar-refractivity contribution in [1.82, 2.24) is 4.98 Å². The largest absolute Gasteiger partial charge is 0.481 e. The third-order valence-electron chi connectivity index (χ3n) is 2.72. The Morgan fingerprint density at radius 1 is 1.37 bits per heavy atom. The number of nitrogens with one attached hydrogen (secondary N) is 1. The number of thiazole rings is 1. The van der Waals surface area contributed by atoms with E-state index < -0.39 is 23.2 Å². The third-order valence-corrected chi connectivity index (χ3v) is 3.49. The quantitative estimate of drug-likeness (QED) is 0.833. The molecule has 0 saturated carbocycles. The highest BCUT2D eigenvalue weighted by molar-refractivity contribution is 7.13. The summed E-state index contributed by atoms with van der Waals surface area (Å²) >= 11 is 1.31. The van der Waals surface area contributed by atoms with Crippen LogP contribution in [0.15, 0.2) is 5.38 Å². The van der Waals surface area contributed by atoms with Gasteiger partial charge in [0.25, 0.3) is 0 Å². The maximum atomic E-state index is 12.1. The van der Waals surface area contributed by atoms with E-state index in [9.17, 15) is 14.7 Å². The first-order valence-corrected chi connectivity index (χ1v) is 7.00. The Hall–Kier alpha value is -1.43. The molecule has 0 aliphatic heterocycles. The second-order valence-electron chi connectivity index (χ2n) is 5.86. The molecule has 1 unspecified atom stereocenters. The standard InChI is InChI=1S/C13H20N2O3S/c1-7(2)8-6-19-12(14-8)15-10(16)9(11(17)18)13(3,4)5/h6-7,9H,1-5H3,(H,17,18)(H,14,15,16). The van der Waals surface area contributed by atoms with Gasteiger partial charge < -0.3 is 10.4 Å². The maximum Gasteiger partial charge on any atom is 0.316 e. The van der Waals surface area contributed by atoms with Crippen LogP contribution in [-0.2, 0) is 9.59 Å². The summed E-state index contributed by atoms with van der Waals surface area (Å²) in [5.41, 5.74) is 0.247. The summed E-state index contributed by atoms with van der Waals surface area (Å²) in [6.45, 7) is 9.21. The summed E-state index contributed by atoms with van der Waals surface area (Å²) in [6.07, 6.45) is 0. The van der Waals surface area contributed by atoms with E-state index in [1.807, 2.05) is 19.2 Å². The number of aromatic nitrogens is 1. The summed E-state index contributed by atoms with van der Waals surface area (Å²) in [5.74, 6) is -2.46. The number of hydrogen-bond donors (Lipinski definition) is 2. The second kappa shape index (κ2) is 5.69. The highest BCUT2D eigenvalue weighted by Gasteiger charge is 2.38. The van der Waals surface area contributed by atoms with Crippen LogP contribution in [0, 0.1) is 11.3 Å². The molecule has 19 heavy (non-hydrogen) atoms. The first kappa shape index (κ1) is 15.6. The van der Waals surface area contributed by atoms with Crippen molar-refractivity contribution in [3.63, 3.8) is 0 Å². The Kier molecular flexibility index (Phi) is 4.68. The van der Waals surface area contributed by atoms with Crippen molar-refractivity contribution >= 4 is 28.3 Å². The molecular formula is C13H20N2O3S. The minimum atomic E-state index is -1.12. The molecule has 0 radical (unpaired) electrons. The van der Waals surface area contributed by atoms with Gasteiger partial charge in [-0.2, -0.15) is 0 Å². The maximum absolute atomic E-state index is 12.1. The van der Waals surface area contributed by atoms with Crippen LogP contribution in [0.25, 0.3) is 0 Å². The van der Waals surface area contributed by atoms with Crippen molar-refractivity contribution in [2.75, 3.05) is 5.32 Å². The number of nitrogens with zero attached hydrogens (tertiary/aromatic N) is 1. The molecule has 0 aromatic carbocycles. The number of rotatable bonds is 4. The number of carboxylic acids is 1. The van der Waals surface area contributed by atoms with Crippen molar-refractivity contribution < 1.29 is 14.7 Å². The Morgan fingerprint density at radius 2 is 1.95 bits per heavy atom. The second-order valence-corrected chi connectivity index (χ2v) is 6.72. The fourth-order valence-electron chi connectivity index (χ4n) is 1.66. The molecular weight excluding hydrogens is 264 g/mol. The molecule has 0 spiro atoms. The molecule has 106 valence electrons. The summed E-state index contributed by atoms with van der Waals surface area (Å²) in [6, 6.07) is 0. The molecule has 1 aromatic heterocycles. The molecule has 6 heteroatoms. The molecule has 1 rings (SSSR count). The van der Waals surface area contributed by atoms with Crippen LogP contribution in [0.4, 0.5) is 5.13 Å². The van der Waals surface area contributed by atoms with Crippen LogP contribution in [0.1, 0.15) is 46.2 Å². The summed E-state index contributed by atoms with van der Waals surface area (Å²) in [4.78, 5) is 27.5. The normalized spacial score (nSPS) is 13.4. The molecule has 1 aromatic rings. The highest BCUT2D eigenvalue weighted by Crippen LogP contribution is 2.28. The van der Waals surface area contributed by atoms with Crippen LogP contribution in [0.5, 0.6) is 0 Å². The molecule has 0 aliphatic carbocycles. The lowest BCUT2D eigenvalue weighted by Crippen LogP contribution is -2.39. The lowest BCUT2D eigenvalue weighted by molar-refractivity contribution is -0.149. The first-order valence-electron chi connectivity index (χ1n) is 6.12. The average molecular weight is 284 g/mol. The topological polar surface area (TPSA) is 79.3 Å². The SMILES string of the molecule is CC(C)c1csc(NC(=O)C(C(=O)O)C(C)(C)C)n1. The molecule has 2 N–H and O–H groups in total. The van der Waals surface area contributed by atoms with Gasteiger partial charge in [-0.15, -0.1) is 11.3 Å². The Morgan fingerprint density at radius 3 is 2.32 bits per heavy atom. The number of anilines is 1. The lowest BCUT2D eigenvalue weighted by Gasteiger charge is -2.25. The van der Waals surface area contributed by atoms with Crippen molar-refractivity contribution in [3.05, 3.63) is 11.1 Å². The van der Waals surface area contributed by atoms with Gasteiger partial charge >= 0.3 is 5.97 Å². The van der Waals surface area contributed by atoms with Crippen LogP contribution in [0.3, 0.4) is 0 Å². The van der Waals surface area contributed by atoms with E-state index in [1.165, 1.54) is 11.3 Å². The van der Waals surface area contributed by atoms with Crippen molar-refractivity contribution in [2.45, 2.75) is 40.5 Å². The monoisotopic (exact) mass is 284 g/mol. The molecule has 5 nitrogen and oxygen atoms in total. The fourth-order valence-corrected chi connectivity index (χ4v) is 2.54. The molecule has 0 saturated heterocycles. The van der Waals surface area contributed by atoms with E-state index >= 15 is 0 Å². The van der Waals surface area contributed by atoms with Crippen LogP contribution < -0.4 is 5.32 Å². The van der Waals surface area contributed by atoms with Crippen LogP contribution >= 0.6 is 11.3 Å². The zero-order valence-electron chi connectivity index (χ0n) is 11.9. The average Bonchev–Trinajstić information content (AvgIpc) is 2.62. The van der Waals surface area contributed by atoms with Gasteiger partial charge in [0, 0.05) is 5.38 Å². The number of hydrogen-bond acceptors (Lipinski definition) is 4. The fraction of sp³-hybridized carbons (Fsp3) is 0.615. The lowest BCUT2D eigenvalue weighted by atomic mass is 9.80. The number of carbonyl (C=O) groups excluding carboxylic acids is 1. The molecule has 1 amide bonds. The predicted octanol–water partition coefficient (Wildman–Crippen LogP) is 2.95. The molecule has 0 bridgehead atoms. The minimum absolute atomic E-state index is 0.278. The summed E-state index contributed by atoms with van der Waals surface area (Å²) < 4.78 is 0. The number of carbonyl (C=O) groups is 2. The molecule has 1 heterocycles. The van der Waals surface area contributed by atoms with E-state index in [1.54, 1.807) is 20.8 Å². The Labute approximate surface area is 117 Å². The Balaban J connectivity index is 2.85. The van der Waals surface area contributed by atoms with Gasteiger partial charge in [-0.25, -0.2) is 4.98 Å². The molecule has 0 aliphatic rings. The van der Waals surface area contributed by atoms with Crippen LogP contribution in [-0.4, -0.2) is 22.0 Å². The highest BCUT2D eigenvalue weighted by atomic mass is 32.1. The van der Waals surface area contributed by atoms with E-state index in [0.717, 1.165) is 5.69 Å². The van der Waals surface area contributed by atoms with Crippen molar-refractivity contribution in [3.8, 4) is 0 Å². The van der Waals surface area contributed by atoms with E-state index in [2.05, 4.69) is 10.3 Å². The van der Waals surface area contributed by atoms with Gasteiger partial charge in [-0.05, 0) is 11.3 Å². The number of aliphatic carboxylic acids is 1. The van der Waals surface area contributed by atoms with Crippen LogP contribution in [0.2, 0.25) is 0 Å². The summed E-state index contributed by atoms with van der Waals surface area (Å²) in [5, 5.41) is 14.1. The van der Waals surface area contributed by atoms with Gasteiger partial charge in [0.2, 0.25) is 5.91 Å². The van der Waals surface area contributed by atoms with Gasteiger partial charge in [0.15, 0.2) is 5.13 Å². The number of carboxylic acid groups (broad SMARTS) is 1. The van der Waals surface area contributed by atoms with E-state index in [-0.39, 0.29) is 5.92 Å². The molecule has 0 fully saturated rings.